The van der Waals surface area contributed by atoms with Crippen LogP contribution >= 0.6 is 11.6 Å². The summed E-state index contributed by atoms with van der Waals surface area (Å²) in [6, 6.07) is 11.6. The number of carbonyl (C=O) groups excluding carboxylic acids is 2. The van der Waals surface area contributed by atoms with Crippen LogP contribution in [0.2, 0.25) is 5.02 Å². The number of halogens is 1. The summed E-state index contributed by atoms with van der Waals surface area (Å²) in [7, 11) is 0. The molecular weight excluding hydrogens is 344 g/mol. The zero-order chi connectivity index (χ0) is 18.0. The van der Waals surface area contributed by atoms with Gasteiger partial charge in [-0.1, -0.05) is 23.7 Å². The fraction of sp³-hybridized carbons (Fsp3) is 0.167. The van der Waals surface area contributed by atoms with Gasteiger partial charge in [0, 0.05) is 29.2 Å². The first-order valence-corrected chi connectivity index (χ1v) is 8.01. The van der Waals surface area contributed by atoms with Gasteiger partial charge in [0.05, 0.1) is 5.52 Å². The van der Waals surface area contributed by atoms with Crippen molar-refractivity contribution in [3.05, 3.63) is 63.6 Å². The molecule has 1 heterocycles. The Morgan fingerprint density at radius 3 is 2.76 bits per heavy atom. The summed E-state index contributed by atoms with van der Waals surface area (Å²) in [6.45, 7) is 1.62. The van der Waals surface area contributed by atoms with Gasteiger partial charge in [-0.3, -0.25) is 14.2 Å². The van der Waals surface area contributed by atoms with Crippen LogP contribution in [-0.2, 0) is 11.3 Å². The number of benzene rings is 2. The fourth-order valence-electron chi connectivity index (χ4n) is 2.50. The number of carbonyl (C=O) groups is 2. The summed E-state index contributed by atoms with van der Waals surface area (Å²) in [6.07, 6.45) is 0.0748. The van der Waals surface area contributed by atoms with E-state index in [0.29, 0.717) is 27.4 Å². The highest BCUT2D eigenvalue weighted by molar-refractivity contribution is 6.31. The largest absolute Gasteiger partial charge is 0.419 e. The van der Waals surface area contributed by atoms with Crippen molar-refractivity contribution in [2.45, 2.75) is 19.9 Å². The number of nitrogens with one attached hydrogen (secondary N) is 1. The Bertz CT molecular complexity index is 1020. The van der Waals surface area contributed by atoms with E-state index in [9.17, 15) is 14.4 Å². The van der Waals surface area contributed by atoms with Crippen molar-refractivity contribution in [3.63, 3.8) is 0 Å². The minimum atomic E-state index is -0.538. The average molecular weight is 359 g/mol. The molecule has 0 saturated heterocycles. The molecule has 0 bridgehead atoms. The lowest BCUT2D eigenvalue weighted by Gasteiger charge is -2.07. The normalized spacial score (nSPS) is 10.8. The first-order valence-electron chi connectivity index (χ1n) is 7.64. The number of ketones is 1. The molecule has 1 aromatic heterocycles. The van der Waals surface area contributed by atoms with E-state index in [1.807, 2.05) is 0 Å². The zero-order valence-electron chi connectivity index (χ0n) is 13.4. The average Bonchev–Trinajstić information content (AvgIpc) is 2.88. The number of anilines is 1. The number of fused-ring (bicyclic) bond motifs is 1. The number of Topliss-reactive ketones (excluding diaryl/α,β-unsaturated/α-hetero) is 1. The van der Waals surface area contributed by atoms with Crippen molar-refractivity contribution in [2.75, 3.05) is 5.32 Å². The Labute approximate surface area is 148 Å². The molecule has 0 aliphatic heterocycles. The maximum atomic E-state index is 12.1. The van der Waals surface area contributed by atoms with E-state index in [1.165, 1.54) is 11.5 Å². The maximum absolute atomic E-state index is 12.1. The van der Waals surface area contributed by atoms with Crippen LogP contribution in [0.1, 0.15) is 23.7 Å². The number of oxazole rings is 1. The number of aryl methyl sites for hydroxylation is 1. The lowest BCUT2D eigenvalue weighted by molar-refractivity contribution is -0.116. The number of hydrogen-bond acceptors (Lipinski definition) is 4. The van der Waals surface area contributed by atoms with Crippen LogP contribution in [0, 0.1) is 0 Å². The van der Waals surface area contributed by atoms with Crippen molar-refractivity contribution in [2.24, 2.45) is 0 Å². The summed E-state index contributed by atoms with van der Waals surface area (Å²) < 4.78 is 6.49. The number of nitrogens with zero attached hydrogens (tertiary/aromatic N) is 1. The van der Waals surface area contributed by atoms with Gasteiger partial charge in [-0.05, 0) is 37.3 Å². The van der Waals surface area contributed by atoms with Crippen LogP contribution in [0.25, 0.3) is 11.1 Å². The maximum Gasteiger partial charge on any atom is 0.419 e. The van der Waals surface area contributed by atoms with Crippen LogP contribution in [0.4, 0.5) is 5.69 Å². The predicted octanol–water partition coefficient (Wildman–Crippen LogP) is 3.48. The van der Waals surface area contributed by atoms with E-state index in [2.05, 4.69) is 5.32 Å². The molecule has 1 N–H and O–H groups in total. The number of hydrogen-bond donors (Lipinski definition) is 1. The topological polar surface area (TPSA) is 81.3 Å². The highest BCUT2D eigenvalue weighted by atomic mass is 35.5. The predicted molar refractivity (Wildman–Crippen MR) is 95.2 cm³/mol. The Balaban J connectivity index is 1.72. The van der Waals surface area contributed by atoms with Gasteiger partial charge in [-0.25, -0.2) is 4.79 Å². The second kappa shape index (κ2) is 6.94. The lowest BCUT2D eigenvalue weighted by atomic mass is 10.1. The summed E-state index contributed by atoms with van der Waals surface area (Å²) in [5.74, 6) is -0.892. The smallest absolute Gasteiger partial charge is 0.408 e. The zero-order valence-corrected chi connectivity index (χ0v) is 14.2. The molecule has 2 aromatic carbocycles. The Kier molecular flexibility index (Phi) is 4.72. The fourth-order valence-corrected chi connectivity index (χ4v) is 2.67. The third kappa shape index (κ3) is 3.80. The molecule has 25 heavy (non-hydrogen) atoms. The van der Waals surface area contributed by atoms with Crippen molar-refractivity contribution < 1.29 is 14.0 Å². The van der Waals surface area contributed by atoms with Gasteiger partial charge in [0.25, 0.3) is 0 Å². The molecule has 7 heteroatoms. The van der Waals surface area contributed by atoms with E-state index >= 15 is 0 Å². The molecule has 0 radical (unpaired) electrons. The first kappa shape index (κ1) is 17.0. The summed E-state index contributed by atoms with van der Waals surface area (Å²) in [5, 5.41) is 3.19. The molecule has 1 amide bonds. The van der Waals surface area contributed by atoms with E-state index in [0.717, 1.165) is 0 Å². The van der Waals surface area contributed by atoms with E-state index < -0.39 is 5.76 Å². The molecule has 6 nitrogen and oxygen atoms in total. The molecule has 3 aromatic rings. The van der Waals surface area contributed by atoms with Gasteiger partial charge in [-0.15, -0.1) is 0 Å². The molecule has 0 aliphatic rings. The molecule has 128 valence electrons. The van der Waals surface area contributed by atoms with Gasteiger partial charge in [0.2, 0.25) is 5.91 Å². The van der Waals surface area contributed by atoms with E-state index in [-0.39, 0.29) is 24.7 Å². The van der Waals surface area contributed by atoms with Crippen molar-refractivity contribution >= 4 is 40.1 Å². The van der Waals surface area contributed by atoms with Crippen LogP contribution in [0.3, 0.4) is 0 Å². The first-order chi connectivity index (χ1) is 11.9. The Morgan fingerprint density at radius 1 is 1.20 bits per heavy atom. The second-order valence-corrected chi connectivity index (χ2v) is 6.00. The molecule has 0 fully saturated rings. The van der Waals surface area contributed by atoms with Crippen LogP contribution in [0.15, 0.2) is 51.7 Å². The second-order valence-electron chi connectivity index (χ2n) is 5.57. The summed E-state index contributed by atoms with van der Waals surface area (Å²) >= 11 is 5.95. The number of aromatic nitrogens is 1. The van der Waals surface area contributed by atoms with Crippen LogP contribution in [0.5, 0.6) is 0 Å². The molecule has 0 atom stereocenters. The van der Waals surface area contributed by atoms with Gasteiger partial charge in [-0.2, -0.15) is 0 Å². The van der Waals surface area contributed by atoms with Gasteiger partial charge in [0.1, 0.15) is 0 Å². The van der Waals surface area contributed by atoms with Crippen LogP contribution in [-0.4, -0.2) is 16.3 Å². The minimum Gasteiger partial charge on any atom is -0.408 e. The molecule has 0 saturated carbocycles. The molecule has 0 spiro atoms. The van der Waals surface area contributed by atoms with Crippen molar-refractivity contribution in [1.82, 2.24) is 4.57 Å². The highest BCUT2D eigenvalue weighted by Gasteiger charge is 2.12. The standard InChI is InChI=1S/C18H15ClN2O4/c1-11(22)12-3-2-4-14(9-12)20-17(23)7-8-21-15-10-13(19)5-6-16(15)25-18(21)24/h2-6,9-10H,7-8H2,1H3,(H,20,23). The summed E-state index contributed by atoms with van der Waals surface area (Å²) in [4.78, 5) is 35.4. The van der Waals surface area contributed by atoms with E-state index in [1.54, 1.807) is 42.5 Å². The lowest BCUT2D eigenvalue weighted by Crippen LogP contribution is -2.19. The quantitative estimate of drug-likeness (QED) is 0.708. The Hall–Kier alpha value is -2.86. The molecule has 0 aliphatic carbocycles. The van der Waals surface area contributed by atoms with Gasteiger partial charge in [0.15, 0.2) is 11.4 Å². The van der Waals surface area contributed by atoms with Crippen molar-refractivity contribution in [3.8, 4) is 0 Å². The molecule has 3 rings (SSSR count). The minimum absolute atomic E-state index is 0.0748. The number of rotatable bonds is 5. The van der Waals surface area contributed by atoms with Crippen LogP contribution < -0.4 is 11.1 Å². The monoisotopic (exact) mass is 358 g/mol. The third-order valence-corrected chi connectivity index (χ3v) is 3.98. The molecule has 0 unspecified atom stereocenters. The van der Waals surface area contributed by atoms with Crippen molar-refractivity contribution in [1.29, 1.82) is 0 Å². The van der Waals surface area contributed by atoms with Gasteiger partial charge >= 0.3 is 5.76 Å². The third-order valence-electron chi connectivity index (χ3n) is 3.74. The van der Waals surface area contributed by atoms with Gasteiger partial charge < -0.3 is 9.73 Å². The molecular formula is C18H15ClN2O4. The van der Waals surface area contributed by atoms with E-state index in [4.69, 9.17) is 16.0 Å². The SMILES string of the molecule is CC(=O)c1cccc(NC(=O)CCn2c(=O)oc3ccc(Cl)cc32)c1. The summed E-state index contributed by atoms with van der Waals surface area (Å²) in [5.41, 5.74) is 2.02. The Morgan fingerprint density at radius 2 is 2.00 bits per heavy atom. The highest BCUT2D eigenvalue weighted by Crippen LogP contribution is 2.19. The number of amides is 1.